The molecule has 0 aromatic carbocycles. The Morgan fingerprint density at radius 1 is 0.833 bits per heavy atom. The van der Waals surface area contributed by atoms with Crippen LogP contribution in [0.2, 0.25) is 0 Å². The minimum atomic E-state index is -0.766. The van der Waals surface area contributed by atoms with E-state index in [-0.39, 0.29) is 41.4 Å². The number of unbranched alkanes of at least 4 members (excludes halogenated alkanes) is 6. The Balaban J connectivity index is 0.000000201. The Kier molecular flexibility index (Phi) is 9.88. The van der Waals surface area contributed by atoms with Gasteiger partial charge in [-0.2, -0.15) is 10.5 Å². The molecule has 2 saturated carbocycles. The van der Waals surface area contributed by atoms with Crippen LogP contribution in [0.15, 0.2) is 0 Å². The Hall–Kier alpha value is -2.04. The molecule has 0 spiro atoms. The summed E-state index contributed by atoms with van der Waals surface area (Å²) >= 11 is 3.10. The fourth-order valence-corrected chi connectivity index (χ4v) is 8.81. The lowest BCUT2D eigenvalue weighted by Gasteiger charge is -2.44. The summed E-state index contributed by atoms with van der Waals surface area (Å²) in [6.45, 7) is 4.32. The second kappa shape index (κ2) is 12.5. The Morgan fingerprint density at radius 2 is 1.44 bits per heavy atom. The van der Waals surface area contributed by atoms with Gasteiger partial charge in [-0.3, -0.25) is 29.8 Å². The van der Waals surface area contributed by atoms with E-state index < -0.39 is 15.4 Å². The zero-order chi connectivity index (χ0) is 26.3. The van der Waals surface area contributed by atoms with Crippen molar-refractivity contribution in [3.05, 3.63) is 0 Å². The maximum absolute atomic E-state index is 12.0. The third-order valence-corrected chi connectivity index (χ3v) is 11.1. The molecule has 2 heterocycles. The molecule has 10 heteroatoms. The van der Waals surface area contributed by atoms with Crippen molar-refractivity contribution in [2.45, 2.75) is 87.5 Å². The number of imide groups is 2. The van der Waals surface area contributed by atoms with Gasteiger partial charge in [0.15, 0.2) is 0 Å². The molecule has 4 rings (SSSR count). The molecule has 2 unspecified atom stereocenters. The molecule has 0 bridgehead atoms. The monoisotopic (exact) mass is 532 g/mol. The summed E-state index contributed by atoms with van der Waals surface area (Å²) in [4.78, 5) is 47.1. The zero-order valence-corrected chi connectivity index (χ0v) is 22.8. The van der Waals surface area contributed by atoms with E-state index in [4.69, 9.17) is 10.5 Å². The van der Waals surface area contributed by atoms with Crippen molar-refractivity contribution in [3.8, 4) is 12.1 Å². The van der Waals surface area contributed by atoms with Gasteiger partial charge in [-0.05, 0) is 37.2 Å². The van der Waals surface area contributed by atoms with Gasteiger partial charge in [0.05, 0.1) is 35.8 Å². The highest BCUT2D eigenvalue weighted by Crippen LogP contribution is 2.57. The number of amides is 4. The van der Waals surface area contributed by atoms with E-state index in [1.54, 1.807) is 11.8 Å². The minimum absolute atomic E-state index is 0.176. The molecule has 4 aliphatic rings. The van der Waals surface area contributed by atoms with Crippen molar-refractivity contribution in [2.24, 2.45) is 23.7 Å². The third kappa shape index (κ3) is 5.17. The highest BCUT2D eigenvalue weighted by atomic mass is 32.2. The number of nitrogens with zero attached hydrogens (tertiary/aromatic N) is 2. The van der Waals surface area contributed by atoms with Crippen LogP contribution in [0.4, 0.5) is 0 Å². The van der Waals surface area contributed by atoms with Crippen molar-refractivity contribution in [2.75, 3.05) is 11.5 Å². The normalized spacial score (nSPS) is 33.6. The molecule has 2 aliphatic heterocycles. The summed E-state index contributed by atoms with van der Waals surface area (Å²) < 4.78 is -1.39. The van der Waals surface area contributed by atoms with Crippen molar-refractivity contribution in [3.63, 3.8) is 0 Å². The van der Waals surface area contributed by atoms with Crippen LogP contribution in [0.3, 0.4) is 0 Å². The number of thioether (sulfide) groups is 2. The Morgan fingerprint density at radius 3 is 2.00 bits per heavy atom. The first-order chi connectivity index (χ1) is 17.3. The number of rotatable bonds is 12. The minimum Gasteiger partial charge on any atom is -0.295 e. The van der Waals surface area contributed by atoms with Crippen molar-refractivity contribution in [1.29, 1.82) is 10.5 Å². The fourth-order valence-electron chi connectivity index (χ4n) is 5.55. The fraction of sp³-hybridized carbons (Fsp3) is 0.769. The van der Waals surface area contributed by atoms with Gasteiger partial charge < -0.3 is 0 Å². The standard InChI is InChI=1S/2C13H18N2O2S/c1-2-3-4-5-6-18-13-7-9(8-14)10(13)11(16)15-12(13)17;1-2-3-4-5-6-18-13-9(8-14)7-10(13)11(16)15-12(13)17/h2*9-10H,2-7H2,1H3,(H,15,16,17)/t9-,10-,13?;9-,10+,13?/m01/s1. The summed E-state index contributed by atoms with van der Waals surface area (Å²) in [6, 6.07) is 4.32. The summed E-state index contributed by atoms with van der Waals surface area (Å²) in [5.41, 5.74) is 0. The smallest absolute Gasteiger partial charge is 0.244 e. The first-order valence-electron chi connectivity index (χ1n) is 13.1. The maximum atomic E-state index is 12.0. The van der Waals surface area contributed by atoms with E-state index in [1.165, 1.54) is 43.9 Å². The predicted octanol–water partition coefficient (Wildman–Crippen LogP) is 3.71. The maximum Gasteiger partial charge on any atom is 0.244 e. The van der Waals surface area contributed by atoms with Crippen LogP contribution in [0.5, 0.6) is 0 Å². The summed E-state index contributed by atoms with van der Waals surface area (Å²) in [7, 11) is 0. The molecule has 8 nitrogen and oxygen atoms in total. The Labute approximate surface area is 222 Å². The number of nitrogens with one attached hydrogen (secondary N) is 2. The third-order valence-electron chi connectivity index (χ3n) is 7.76. The van der Waals surface area contributed by atoms with Crippen LogP contribution in [0.1, 0.15) is 78.1 Å². The molecule has 6 atom stereocenters. The Bertz CT molecular complexity index is 961. The largest absolute Gasteiger partial charge is 0.295 e. The molecule has 0 radical (unpaired) electrons. The first kappa shape index (κ1) is 28.5. The van der Waals surface area contributed by atoms with Gasteiger partial charge in [-0.15, -0.1) is 23.5 Å². The van der Waals surface area contributed by atoms with Crippen LogP contribution < -0.4 is 10.6 Å². The second-order valence-corrected chi connectivity index (χ2v) is 12.8. The van der Waals surface area contributed by atoms with Gasteiger partial charge in [0.2, 0.25) is 23.6 Å². The zero-order valence-electron chi connectivity index (χ0n) is 21.1. The van der Waals surface area contributed by atoms with Crippen LogP contribution in [0, 0.1) is 46.3 Å². The lowest BCUT2D eigenvalue weighted by atomic mass is 9.66. The molecule has 4 fully saturated rings. The van der Waals surface area contributed by atoms with E-state index in [9.17, 15) is 19.2 Å². The van der Waals surface area contributed by atoms with E-state index in [0.29, 0.717) is 12.8 Å². The highest BCUT2D eigenvalue weighted by molar-refractivity contribution is 8.01. The molecule has 0 aromatic rings. The molecule has 2 aliphatic carbocycles. The lowest BCUT2D eigenvalue weighted by Crippen LogP contribution is -2.55. The van der Waals surface area contributed by atoms with Crippen molar-refractivity contribution in [1.82, 2.24) is 10.6 Å². The second-order valence-electron chi connectivity index (χ2n) is 10.0. The first-order valence-corrected chi connectivity index (χ1v) is 15.1. The van der Waals surface area contributed by atoms with Gasteiger partial charge in [-0.25, -0.2) is 0 Å². The average Bonchev–Trinajstić information content (AvgIpc) is 3.11. The van der Waals surface area contributed by atoms with Crippen LogP contribution in [-0.2, 0) is 19.2 Å². The molecule has 4 amide bonds. The van der Waals surface area contributed by atoms with Crippen LogP contribution in [-0.4, -0.2) is 44.6 Å². The van der Waals surface area contributed by atoms with Crippen molar-refractivity contribution >= 4 is 47.2 Å². The molecular formula is C26H36N4O4S2. The molecule has 196 valence electrons. The van der Waals surface area contributed by atoms with Gasteiger partial charge >= 0.3 is 0 Å². The van der Waals surface area contributed by atoms with Crippen LogP contribution >= 0.6 is 23.5 Å². The number of hydrogen-bond donors (Lipinski definition) is 2. The van der Waals surface area contributed by atoms with E-state index in [2.05, 4.69) is 36.6 Å². The molecule has 36 heavy (non-hydrogen) atoms. The van der Waals surface area contributed by atoms with Crippen molar-refractivity contribution < 1.29 is 19.2 Å². The van der Waals surface area contributed by atoms with Crippen LogP contribution in [0.25, 0.3) is 0 Å². The van der Waals surface area contributed by atoms with E-state index in [1.807, 2.05) is 0 Å². The predicted molar refractivity (Wildman–Crippen MR) is 139 cm³/mol. The lowest BCUT2D eigenvalue weighted by molar-refractivity contribution is -0.127. The van der Waals surface area contributed by atoms with Gasteiger partial charge in [-0.1, -0.05) is 52.4 Å². The number of carbonyl (C=O) groups excluding carboxylic acids is 4. The SMILES string of the molecule is CCCCCCSC12C(=O)NC(=O)[C@@H]1C[C@@H]2C#N.CCCCCCSC12C[C@@H](C#N)[C@H]1C(=O)NC2=O. The molecular weight excluding hydrogens is 496 g/mol. The summed E-state index contributed by atoms with van der Waals surface area (Å²) in [6.07, 6.45) is 10.3. The molecule has 2 saturated heterocycles. The molecule has 2 N–H and O–H groups in total. The highest BCUT2D eigenvalue weighted by Gasteiger charge is 2.68. The number of carbonyl (C=O) groups is 4. The molecule has 0 aromatic heterocycles. The van der Waals surface area contributed by atoms with Gasteiger partial charge in [0, 0.05) is 0 Å². The summed E-state index contributed by atoms with van der Waals surface area (Å²) in [5, 5.41) is 22.8. The number of nitriles is 2. The average molecular weight is 533 g/mol. The summed E-state index contributed by atoms with van der Waals surface area (Å²) in [5.74, 6) is -0.363. The topological polar surface area (TPSA) is 140 Å². The van der Waals surface area contributed by atoms with Gasteiger partial charge in [0.25, 0.3) is 0 Å². The number of hydrogen-bond acceptors (Lipinski definition) is 8. The van der Waals surface area contributed by atoms with E-state index in [0.717, 1.165) is 30.8 Å². The quantitative estimate of drug-likeness (QED) is 0.286. The van der Waals surface area contributed by atoms with E-state index >= 15 is 0 Å². The van der Waals surface area contributed by atoms with Gasteiger partial charge in [0.1, 0.15) is 9.49 Å². The number of fused-ring (bicyclic) bond motifs is 2.